The van der Waals surface area contributed by atoms with Gasteiger partial charge >= 0.3 is 0 Å². The lowest BCUT2D eigenvalue weighted by Gasteiger charge is -2.34. The first kappa shape index (κ1) is 19.2. The Kier molecular flexibility index (Phi) is 5.78. The Bertz CT molecular complexity index is 840. The van der Waals surface area contributed by atoms with E-state index in [0.717, 1.165) is 64.1 Å². The highest BCUT2D eigenvalue weighted by atomic mass is 16.3. The van der Waals surface area contributed by atoms with Crippen molar-refractivity contribution in [3.05, 3.63) is 58.0 Å². The second-order valence-electron chi connectivity index (χ2n) is 8.23. The predicted molar refractivity (Wildman–Crippen MR) is 111 cm³/mol. The average molecular weight is 383 g/mol. The summed E-state index contributed by atoms with van der Waals surface area (Å²) in [6, 6.07) is 10.5. The SMILES string of the molecule is Cc1ccc(CN2CCC[C@H](n3ncc(N4CCC(O)CC4)cc3=O)C2)cc1. The van der Waals surface area contributed by atoms with Gasteiger partial charge in [0.05, 0.1) is 24.0 Å². The van der Waals surface area contributed by atoms with Crippen LogP contribution in [0.2, 0.25) is 0 Å². The molecular weight excluding hydrogens is 352 g/mol. The summed E-state index contributed by atoms with van der Waals surface area (Å²) < 4.78 is 1.67. The van der Waals surface area contributed by atoms with Gasteiger partial charge in [-0.05, 0) is 44.7 Å². The van der Waals surface area contributed by atoms with Crippen molar-refractivity contribution in [1.29, 1.82) is 0 Å². The van der Waals surface area contributed by atoms with Crippen molar-refractivity contribution in [2.45, 2.75) is 51.3 Å². The summed E-state index contributed by atoms with van der Waals surface area (Å²) in [6.45, 7) is 6.50. The first-order valence-electron chi connectivity index (χ1n) is 10.4. The Labute approximate surface area is 166 Å². The number of hydrogen-bond donors (Lipinski definition) is 1. The van der Waals surface area contributed by atoms with Crippen molar-refractivity contribution in [2.24, 2.45) is 0 Å². The molecule has 1 N–H and O–H groups in total. The second kappa shape index (κ2) is 8.45. The lowest BCUT2D eigenvalue weighted by Crippen LogP contribution is -2.41. The number of anilines is 1. The maximum Gasteiger partial charge on any atom is 0.269 e. The van der Waals surface area contributed by atoms with Crippen LogP contribution in [0.5, 0.6) is 0 Å². The Hall–Kier alpha value is -2.18. The molecule has 2 aliphatic rings. The summed E-state index contributed by atoms with van der Waals surface area (Å²) in [5, 5.41) is 14.2. The van der Waals surface area contributed by atoms with E-state index in [2.05, 4.69) is 46.1 Å². The fraction of sp³-hybridized carbons (Fsp3) is 0.545. The number of likely N-dealkylation sites (tertiary alicyclic amines) is 1. The number of benzene rings is 1. The molecule has 0 unspecified atom stereocenters. The molecule has 0 amide bonds. The number of piperidine rings is 2. The van der Waals surface area contributed by atoms with Crippen LogP contribution in [-0.2, 0) is 6.54 Å². The molecule has 4 rings (SSSR count). The van der Waals surface area contributed by atoms with Crippen LogP contribution in [0.1, 0.15) is 42.9 Å². The highest BCUT2D eigenvalue weighted by molar-refractivity contribution is 5.43. The molecule has 2 fully saturated rings. The van der Waals surface area contributed by atoms with E-state index in [9.17, 15) is 9.90 Å². The standard InChI is InChI=1S/C22H30N4O2/c1-17-4-6-18(7-5-17)15-24-10-2-3-19(16-24)26-22(28)13-20(14-23-26)25-11-8-21(27)9-12-25/h4-7,13-14,19,21,27H,2-3,8-12,15-16H2,1H3/t19-/m0/s1. The van der Waals surface area contributed by atoms with Gasteiger partial charge in [0.25, 0.3) is 5.56 Å². The summed E-state index contributed by atoms with van der Waals surface area (Å²) in [5.41, 5.74) is 3.44. The van der Waals surface area contributed by atoms with Crippen LogP contribution in [0, 0.1) is 6.92 Å². The van der Waals surface area contributed by atoms with Gasteiger partial charge in [-0.25, -0.2) is 4.68 Å². The minimum atomic E-state index is -0.216. The molecule has 0 spiro atoms. The minimum absolute atomic E-state index is 0.0224. The van der Waals surface area contributed by atoms with Gasteiger partial charge in [0, 0.05) is 32.2 Å². The quantitative estimate of drug-likeness (QED) is 0.880. The molecule has 0 saturated carbocycles. The van der Waals surface area contributed by atoms with Crippen molar-refractivity contribution in [3.63, 3.8) is 0 Å². The van der Waals surface area contributed by atoms with Gasteiger partial charge in [0.15, 0.2) is 0 Å². The molecule has 0 bridgehead atoms. The van der Waals surface area contributed by atoms with Gasteiger partial charge in [-0.15, -0.1) is 0 Å². The predicted octanol–water partition coefficient (Wildman–Crippen LogP) is 2.35. The molecule has 150 valence electrons. The number of aromatic nitrogens is 2. The first-order valence-corrected chi connectivity index (χ1v) is 10.4. The van der Waals surface area contributed by atoms with Crippen LogP contribution in [0.15, 0.2) is 41.3 Å². The molecule has 0 radical (unpaired) electrons. The van der Waals surface area contributed by atoms with Crippen molar-refractivity contribution in [1.82, 2.24) is 14.7 Å². The number of aryl methyl sites for hydroxylation is 1. The monoisotopic (exact) mass is 382 g/mol. The number of aliphatic hydroxyl groups is 1. The molecule has 2 saturated heterocycles. The topological polar surface area (TPSA) is 61.6 Å². The smallest absolute Gasteiger partial charge is 0.269 e. The van der Waals surface area contributed by atoms with Gasteiger partial charge in [-0.3, -0.25) is 9.69 Å². The summed E-state index contributed by atoms with van der Waals surface area (Å²) >= 11 is 0. The fourth-order valence-corrected chi connectivity index (χ4v) is 4.31. The molecule has 3 heterocycles. The van der Waals surface area contributed by atoms with E-state index >= 15 is 0 Å². The van der Waals surface area contributed by atoms with Gasteiger partial charge < -0.3 is 10.0 Å². The molecule has 6 heteroatoms. The molecule has 1 aromatic carbocycles. The first-order chi connectivity index (χ1) is 13.6. The highest BCUT2D eigenvalue weighted by Crippen LogP contribution is 2.23. The zero-order valence-corrected chi connectivity index (χ0v) is 16.6. The van der Waals surface area contributed by atoms with E-state index in [0.29, 0.717) is 0 Å². The number of hydrogen-bond acceptors (Lipinski definition) is 5. The molecule has 6 nitrogen and oxygen atoms in total. The van der Waals surface area contributed by atoms with E-state index in [4.69, 9.17) is 0 Å². The molecular formula is C22H30N4O2. The lowest BCUT2D eigenvalue weighted by molar-refractivity contribution is 0.145. The van der Waals surface area contributed by atoms with E-state index in [1.165, 1.54) is 11.1 Å². The molecule has 1 aromatic heterocycles. The summed E-state index contributed by atoms with van der Waals surface area (Å²) in [5.74, 6) is 0. The van der Waals surface area contributed by atoms with Crippen LogP contribution >= 0.6 is 0 Å². The second-order valence-corrected chi connectivity index (χ2v) is 8.23. The van der Waals surface area contributed by atoms with E-state index in [1.54, 1.807) is 10.7 Å². The number of rotatable bonds is 4. The maximum atomic E-state index is 12.8. The number of nitrogens with zero attached hydrogens (tertiary/aromatic N) is 4. The fourth-order valence-electron chi connectivity index (χ4n) is 4.31. The van der Waals surface area contributed by atoms with Crippen molar-refractivity contribution < 1.29 is 5.11 Å². The third-order valence-corrected chi connectivity index (χ3v) is 5.99. The Balaban J connectivity index is 1.43. The highest BCUT2D eigenvalue weighted by Gasteiger charge is 2.24. The summed E-state index contributed by atoms with van der Waals surface area (Å²) in [7, 11) is 0. The van der Waals surface area contributed by atoms with E-state index < -0.39 is 0 Å². The zero-order chi connectivity index (χ0) is 19.5. The molecule has 1 atom stereocenters. The van der Waals surface area contributed by atoms with Gasteiger partial charge in [-0.1, -0.05) is 29.8 Å². The molecule has 2 aromatic rings. The number of aliphatic hydroxyl groups excluding tert-OH is 1. The Morgan fingerprint density at radius 3 is 2.57 bits per heavy atom. The van der Waals surface area contributed by atoms with Gasteiger partial charge in [0.1, 0.15) is 0 Å². The zero-order valence-electron chi connectivity index (χ0n) is 16.6. The van der Waals surface area contributed by atoms with Crippen LogP contribution in [0.4, 0.5) is 5.69 Å². The maximum absolute atomic E-state index is 12.8. The molecule has 0 aliphatic carbocycles. The van der Waals surface area contributed by atoms with Crippen LogP contribution in [0.3, 0.4) is 0 Å². The third kappa shape index (κ3) is 4.45. The van der Waals surface area contributed by atoms with E-state index in [-0.39, 0.29) is 17.7 Å². The van der Waals surface area contributed by atoms with Gasteiger partial charge in [0.2, 0.25) is 0 Å². The van der Waals surface area contributed by atoms with Gasteiger partial charge in [-0.2, -0.15) is 5.10 Å². The average Bonchev–Trinajstić information content (AvgIpc) is 2.70. The van der Waals surface area contributed by atoms with Crippen molar-refractivity contribution in [2.75, 3.05) is 31.1 Å². The Morgan fingerprint density at radius 1 is 1.11 bits per heavy atom. The minimum Gasteiger partial charge on any atom is -0.393 e. The Morgan fingerprint density at radius 2 is 1.86 bits per heavy atom. The normalized spacial score (nSPS) is 21.8. The van der Waals surface area contributed by atoms with Crippen LogP contribution < -0.4 is 10.5 Å². The lowest BCUT2D eigenvalue weighted by atomic mass is 10.0. The summed E-state index contributed by atoms with van der Waals surface area (Å²) in [4.78, 5) is 17.3. The third-order valence-electron chi connectivity index (χ3n) is 5.99. The van der Waals surface area contributed by atoms with Crippen molar-refractivity contribution in [3.8, 4) is 0 Å². The van der Waals surface area contributed by atoms with Crippen LogP contribution in [-0.4, -0.2) is 52.1 Å². The molecule has 28 heavy (non-hydrogen) atoms. The summed E-state index contributed by atoms with van der Waals surface area (Å²) in [6.07, 6.45) is 5.17. The van der Waals surface area contributed by atoms with Crippen molar-refractivity contribution >= 4 is 5.69 Å². The molecule has 2 aliphatic heterocycles. The largest absolute Gasteiger partial charge is 0.393 e. The van der Waals surface area contributed by atoms with E-state index in [1.807, 2.05) is 6.20 Å². The van der Waals surface area contributed by atoms with Crippen LogP contribution in [0.25, 0.3) is 0 Å².